The summed E-state index contributed by atoms with van der Waals surface area (Å²) in [5.74, 6) is 0. The molecule has 0 amide bonds. The molecule has 0 aliphatic heterocycles. The number of benzene rings is 2. The van der Waals surface area contributed by atoms with Gasteiger partial charge in [0, 0.05) is 11.6 Å². The highest BCUT2D eigenvalue weighted by atomic mass is 16.6. The Labute approximate surface area is 85.3 Å². The quantitative estimate of drug-likeness (QED) is 0.551. The Balaban J connectivity index is 2.81. The molecule has 2 aromatic rings. The first-order valence-corrected chi connectivity index (χ1v) is 4.27. The second kappa shape index (κ2) is 3.49. The molecule has 0 atom stereocenters. The van der Waals surface area contributed by atoms with Gasteiger partial charge < -0.3 is 0 Å². The number of hydrogen-bond acceptors (Lipinski definition) is 3. The summed E-state index contributed by atoms with van der Waals surface area (Å²) in [5, 5.41) is 11.9. The van der Waals surface area contributed by atoms with Crippen molar-refractivity contribution in [2.45, 2.75) is 0 Å². The number of fused-ring (bicyclic) bond motifs is 1. The maximum atomic E-state index is 10.7. The standard InChI is InChI=1S/C11H6NO3/c13-7-8-4-5-9-2-1-3-11(12(14)15)10(9)6-8/h1-6H. The Kier molecular flexibility index (Phi) is 2.17. The third-order valence-corrected chi connectivity index (χ3v) is 2.17. The van der Waals surface area contributed by atoms with Crippen LogP contribution in [0.25, 0.3) is 10.8 Å². The number of nitro benzene ring substituents is 1. The van der Waals surface area contributed by atoms with Gasteiger partial charge in [-0.05, 0) is 11.5 Å². The van der Waals surface area contributed by atoms with Gasteiger partial charge in [-0.25, -0.2) is 0 Å². The lowest BCUT2D eigenvalue weighted by molar-refractivity contribution is -0.383. The molecule has 0 aliphatic carbocycles. The molecule has 4 nitrogen and oxygen atoms in total. The van der Waals surface area contributed by atoms with Crippen LogP contribution in [0.2, 0.25) is 0 Å². The molecule has 2 aromatic carbocycles. The van der Waals surface area contributed by atoms with Gasteiger partial charge in [0.15, 0.2) is 0 Å². The minimum Gasteiger partial charge on any atom is -0.285 e. The lowest BCUT2D eigenvalue weighted by Gasteiger charge is -1.99. The fraction of sp³-hybridized carbons (Fsp3) is 0. The summed E-state index contributed by atoms with van der Waals surface area (Å²) in [6, 6.07) is 9.51. The summed E-state index contributed by atoms with van der Waals surface area (Å²) in [5.41, 5.74) is 0.321. The number of hydrogen-bond donors (Lipinski definition) is 0. The molecule has 0 fully saturated rings. The van der Waals surface area contributed by atoms with Crippen molar-refractivity contribution in [3.05, 3.63) is 52.1 Å². The van der Waals surface area contributed by atoms with Gasteiger partial charge in [-0.15, -0.1) is 0 Å². The molecule has 0 heterocycles. The van der Waals surface area contributed by atoms with E-state index in [1.165, 1.54) is 12.1 Å². The average molecular weight is 200 g/mol. The predicted octanol–water partition coefficient (Wildman–Crippen LogP) is 2.21. The molecule has 0 aliphatic rings. The van der Waals surface area contributed by atoms with E-state index in [9.17, 15) is 14.9 Å². The second-order valence-electron chi connectivity index (χ2n) is 3.07. The highest BCUT2D eigenvalue weighted by Crippen LogP contribution is 2.25. The van der Waals surface area contributed by atoms with Gasteiger partial charge in [-0.3, -0.25) is 14.9 Å². The average Bonchev–Trinajstić information content (AvgIpc) is 2.27. The molecule has 0 spiro atoms. The lowest BCUT2D eigenvalue weighted by atomic mass is 10.1. The Bertz CT molecular complexity index is 549. The number of nitro groups is 1. The smallest absolute Gasteiger partial charge is 0.277 e. The first-order chi connectivity index (χ1) is 7.22. The second-order valence-corrected chi connectivity index (χ2v) is 3.07. The lowest BCUT2D eigenvalue weighted by Crippen LogP contribution is -1.90. The predicted molar refractivity (Wildman–Crippen MR) is 55.4 cm³/mol. The molecule has 1 radical (unpaired) electrons. The third-order valence-electron chi connectivity index (χ3n) is 2.17. The van der Waals surface area contributed by atoms with Gasteiger partial charge in [0.2, 0.25) is 6.29 Å². The van der Waals surface area contributed by atoms with Crippen molar-refractivity contribution < 1.29 is 9.72 Å². The Hall–Kier alpha value is -2.23. The molecular weight excluding hydrogens is 194 g/mol. The number of rotatable bonds is 2. The fourth-order valence-corrected chi connectivity index (χ4v) is 1.48. The van der Waals surface area contributed by atoms with Crippen LogP contribution in [0.3, 0.4) is 0 Å². The zero-order valence-electron chi connectivity index (χ0n) is 7.64. The number of carbonyl (C=O) groups excluding carboxylic acids is 1. The van der Waals surface area contributed by atoms with E-state index < -0.39 is 4.92 Å². The van der Waals surface area contributed by atoms with E-state index >= 15 is 0 Å². The topological polar surface area (TPSA) is 60.2 Å². The summed E-state index contributed by atoms with van der Waals surface area (Å²) in [6.07, 6.45) is 1.71. The van der Waals surface area contributed by atoms with Crippen LogP contribution in [0.15, 0.2) is 36.4 Å². The maximum absolute atomic E-state index is 10.7. The van der Waals surface area contributed by atoms with E-state index in [1.807, 2.05) is 0 Å². The zero-order valence-corrected chi connectivity index (χ0v) is 7.64. The van der Waals surface area contributed by atoms with Crippen molar-refractivity contribution in [2.75, 3.05) is 0 Å². The van der Waals surface area contributed by atoms with Crippen LogP contribution < -0.4 is 0 Å². The third kappa shape index (κ3) is 1.57. The molecule has 4 heteroatoms. The summed E-state index contributed by atoms with van der Waals surface area (Å²) < 4.78 is 0. The summed E-state index contributed by atoms with van der Waals surface area (Å²) in [6.45, 7) is 0. The first kappa shape index (κ1) is 9.33. The molecule has 0 N–H and O–H groups in total. The van der Waals surface area contributed by atoms with Gasteiger partial charge >= 0.3 is 0 Å². The van der Waals surface area contributed by atoms with E-state index in [-0.39, 0.29) is 5.69 Å². The van der Waals surface area contributed by atoms with Crippen LogP contribution in [0.1, 0.15) is 5.56 Å². The first-order valence-electron chi connectivity index (χ1n) is 4.27. The Morgan fingerprint density at radius 1 is 1.20 bits per heavy atom. The Morgan fingerprint density at radius 3 is 2.67 bits per heavy atom. The normalized spacial score (nSPS) is 10.1. The number of non-ortho nitro benzene ring substituents is 1. The molecule has 0 saturated heterocycles. The van der Waals surface area contributed by atoms with Gasteiger partial charge in [0.1, 0.15) is 0 Å². The van der Waals surface area contributed by atoms with Crippen molar-refractivity contribution in [2.24, 2.45) is 0 Å². The molecule has 0 unspecified atom stereocenters. The summed E-state index contributed by atoms with van der Waals surface area (Å²) >= 11 is 0. The minimum absolute atomic E-state index is 0.00426. The summed E-state index contributed by atoms with van der Waals surface area (Å²) in [7, 11) is 0. The van der Waals surface area contributed by atoms with Crippen molar-refractivity contribution in [1.29, 1.82) is 0 Å². The largest absolute Gasteiger partial charge is 0.285 e. The van der Waals surface area contributed by atoms with Crippen LogP contribution >= 0.6 is 0 Å². The van der Waals surface area contributed by atoms with Gasteiger partial charge in [-0.2, -0.15) is 0 Å². The van der Waals surface area contributed by atoms with Crippen LogP contribution in [0.4, 0.5) is 5.69 Å². The fourth-order valence-electron chi connectivity index (χ4n) is 1.48. The monoisotopic (exact) mass is 200 g/mol. The molecule has 0 saturated carbocycles. The van der Waals surface area contributed by atoms with Crippen molar-refractivity contribution in [3.63, 3.8) is 0 Å². The van der Waals surface area contributed by atoms with Gasteiger partial charge in [-0.1, -0.05) is 24.3 Å². The number of nitrogens with zero attached hydrogens (tertiary/aromatic N) is 1. The van der Waals surface area contributed by atoms with E-state index in [0.717, 1.165) is 5.39 Å². The molecule has 2 rings (SSSR count). The van der Waals surface area contributed by atoms with Crippen molar-refractivity contribution in [3.8, 4) is 0 Å². The molecular formula is C11H6NO3. The van der Waals surface area contributed by atoms with E-state index in [2.05, 4.69) is 0 Å². The zero-order chi connectivity index (χ0) is 10.8. The highest BCUT2D eigenvalue weighted by Gasteiger charge is 2.10. The maximum Gasteiger partial charge on any atom is 0.277 e. The van der Waals surface area contributed by atoms with Gasteiger partial charge in [0.25, 0.3) is 5.69 Å². The molecule has 0 aromatic heterocycles. The van der Waals surface area contributed by atoms with E-state index in [0.29, 0.717) is 10.9 Å². The molecule has 73 valence electrons. The Morgan fingerprint density at radius 2 is 2.00 bits per heavy atom. The highest BCUT2D eigenvalue weighted by molar-refractivity contribution is 5.94. The summed E-state index contributed by atoms with van der Waals surface area (Å²) in [4.78, 5) is 20.7. The van der Waals surface area contributed by atoms with Crippen molar-refractivity contribution in [1.82, 2.24) is 0 Å². The minimum atomic E-state index is -0.461. The van der Waals surface area contributed by atoms with Crippen LogP contribution in [0, 0.1) is 10.1 Å². The molecule has 15 heavy (non-hydrogen) atoms. The van der Waals surface area contributed by atoms with Gasteiger partial charge in [0.05, 0.1) is 10.3 Å². The van der Waals surface area contributed by atoms with Crippen LogP contribution in [-0.4, -0.2) is 11.2 Å². The van der Waals surface area contributed by atoms with E-state index in [1.54, 1.807) is 30.6 Å². The van der Waals surface area contributed by atoms with E-state index in [4.69, 9.17) is 0 Å². The van der Waals surface area contributed by atoms with Crippen molar-refractivity contribution >= 4 is 22.7 Å². The molecule has 0 bridgehead atoms. The van der Waals surface area contributed by atoms with Crippen LogP contribution in [-0.2, 0) is 4.79 Å². The SMILES string of the molecule is O=[C]c1ccc2cccc([N+](=O)[O-])c2c1. The van der Waals surface area contributed by atoms with Crippen LogP contribution in [0.5, 0.6) is 0 Å².